The van der Waals surface area contributed by atoms with Gasteiger partial charge in [0.15, 0.2) is 6.54 Å². The standard InChI is InChI=1S/C18H19BrFN3O2/c1-23(11-13-6-8-14(20)9-7-13)12-18(25)21-10-17(24)22-16-5-3-2-4-15(16)19/h2-9H,10-12H2,1H3,(H,21,25)(H,22,24)/p+1. The van der Waals surface area contributed by atoms with Gasteiger partial charge in [0.2, 0.25) is 5.91 Å². The first-order valence-corrected chi connectivity index (χ1v) is 8.60. The van der Waals surface area contributed by atoms with E-state index in [1.807, 2.05) is 25.2 Å². The highest BCUT2D eigenvalue weighted by molar-refractivity contribution is 9.10. The Bertz CT molecular complexity index is 737. The smallest absolute Gasteiger partial charge is 0.275 e. The van der Waals surface area contributed by atoms with Gasteiger partial charge in [-0.15, -0.1) is 0 Å². The molecule has 0 bridgehead atoms. The summed E-state index contributed by atoms with van der Waals surface area (Å²) in [6.07, 6.45) is 0. The zero-order chi connectivity index (χ0) is 18.2. The van der Waals surface area contributed by atoms with Gasteiger partial charge in [0.05, 0.1) is 19.3 Å². The predicted octanol–water partition coefficient (Wildman–Crippen LogP) is 1.36. The average Bonchev–Trinajstić information content (AvgIpc) is 2.57. The van der Waals surface area contributed by atoms with Gasteiger partial charge in [-0.25, -0.2) is 4.39 Å². The van der Waals surface area contributed by atoms with E-state index < -0.39 is 0 Å². The number of para-hydroxylation sites is 1. The fourth-order valence-corrected chi connectivity index (χ4v) is 2.67. The van der Waals surface area contributed by atoms with Crippen LogP contribution in [0.2, 0.25) is 0 Å². The second kappa shape index (κ2) is 9.29. The lowest BCUT2D eigenvalue weighted by atomic mass is 10.2. The number of carbonyl (C=O) groups excluding carboxylic acids is 2. The second-order valence-corrected chi connectivity index (χ2v) is 6.60. The van der Waals surface area contributed by atoms with E-state index in [0.717, 1.165) is 14.9 Å². The molecule has 0 spiro atoms. The molecule has 0 aliphatic carbocycles. The third-order valence-corrected chi connectivity index (χ3v) is 4.17. The lowest BCUT2D eigenvalue weighted by Crippen LogP contribution is -3.08. The second-order valence-electron chi connectivity index (χ2n) is 5.74. The van der Waals surface area contributed by atoms with E-state index in [1.54, 1.807) is 18.2 Å². The molecule has 5 nitrogen and oxygen atoms in total. The Morgan fingerprint density at radius 3 is 2.44 bits per heavy atom. The monoisotopic (exact) mass is 408 g/mol. The number of carbonyl (C=O) groups is 2. The number of halogens is 2. The number of benzene rings is 2. The highest BCUT2D eigenvalue weighted by Gasteiger charge is 2.12. The van der Waals surface area contributed by atoms with E-state index in [-0.39, 0.29) is 30.7 Å². The van der Waals surface area contributed by atoms with Crippen LogP contribution in [0, 0.1) is 5.82 Å². The molecular formula is C18H20BrFN3O2+. The molecule has 3 N–H and O–H groups in total. The maximum atomic E-state index is 12.9. The predicted molar refractivity (Wildman–Crippen MR) is 97.6 cm³/mol. The number of hydrogen-bond acceptors (Lipinski definition) is 2. The molecule has 0 saturated heterocycles. The fraction of sp³-hybridized carbons (Fsp3) is 0.222. The largest absolute Gasteiger partial charge is 0.342 e. The Hall–Kier alpha value is -2.25. The minimum atomic E-state index is -0.295. The summed E-state index contributed by atoms with van der Waals surface area (Å²) >= 11 is 3.34. The van der Waals surface area contributed by atoms with Gasteiger partial charge in [0, 0.05) is 10.0 Å². The van der Waals surface area contributed by atoms with Gasteiger partial charge in [0.25, 0.3) is 5.91 Å². The van der Waals surface area contributed by atoms with E-state index in [9.17, 15) is 14.0 Å². The van der Waals surface area contributed by atoms with Gasteiger partial charge >= 0.3 is 0 Å². The number of anilines is 1. The molecule has 0 aliphatic heterocycles. The first kappa shape index (κ1) is 19.1. The molecule has 0 aliphatic rings. The average molecular weight is 409 g/mol. The Kier molecular flexibility index (Phi) is 7.09. The van der Waals surface area contributed by atoms with Gasteiger partial charge in [-0.05, 0) is 40.2 Å². The molecule has 0 heterocycles. The van der Waals surface area contributed by atoms with Crippen molar-refractivity contribution in [2.75, 3.05) is 25.5 Å². The summed E-state index contributed by atoms with van der Waals surface area (Å²) in [5.74, 6) is -0.798. The van der Waals surface area contributed by atoms with Crippen LogP contribution in [0.5, 0.6) is 0 Å². The summed E-state index contributed by atoms with van der Waals surface area (Å²) < 4.78 is 13.7. The fourth-order valence-electron chi connectivity index (χ4n) is 2.29. The van der Waals surface area contributed by atoms with E-state index in [4.69, 9.17) is 0 Å². The molecule has 2 aromatic carbocycles. The Balaban J connectivity index is 1.73. The minimum absolute atomic E-state index is 0.0933. The van der Waals surface area contributed by atoms with Crippen molar-refractivity contribution < 1.29 is 18.9 Å². The Labute approximate surface area is 154 Å². The molecule has 2 rings (SSSR count). The zero-order valence-electron chi connectivity index (χ0n) is 13.8. The van der Waals surface area contributed by atoms with Crippen molar-refractivity contribution >= 4 is 33.4 Å². The molecule has 2 aromatic rings. The molecule has 0 radical (unpaired) electrons. The summed E-state index contributed by atoms with van der Waals surface area (Å²) in [5, 5.41) is 5.32. The number of likely N-dealkylation sites (N-methyl/N-ethyl adjacent to an activating group) is 1. The number of quaternary nitrogens is 1. The number of rotatable bonds is 7. The van der Waals surface area contributed by atoms with Crippen LogP contribution in [-0.2, 0) is 16.1 Å². The molecule has 0 saturated carbocycles. The van der Waals surface area contributed by atoms with Crippen LogP contribution in [0.1, 0.15) is 5.56 Å². The topological polar surface area (TPSA) is 62.6 Å². The summed E-state index contributed by atoms with van der Waals surface area (Å²) in [5.41, 5.74) is 1.60. The van der Waals surface area contributed by atoms with Gasteiger partial charge in [0.1, 0.15) is 12.4 Å². The maximum Gasteiger partial charge on any atom is 0.275 e. The van der Waals surface area contributed by atoms with E-state index in [0.29, 0.717) is 12.2 Å². The molecule has 25 heavy (non-hydrogen) atoms. The van der Waals surface area contributed by atoms with Crippen molar-refractivity contribution in [1.29, 1.82) is 0 Å². The lowest BCUT2D eigenvalue weighted by molar-refractivity contribution is -0.885. The first-order chi connectivity index (χ1) is 11.9. The van der Waals surface area contributed by atoms with Crippen molar-refractivity contribution in [3.8, 4) is 0 Å². The quantitative estimate of drug-likeness (QED) is 0.647. The SMILES string of the molecule is C[NH+](CC(=O)NCC(=O)Nc1ccccc1Br)Cc1ccc(F)cc1. The van der Waals surface area contributed by atoms with Crippen LogP contribution in [0.15, 0.2) is 53.0 Å². The number of amides is 2. The molecule has 132 valence electrons. The van der Waals surface area contributed by atoms with Crippen LogP contribution >= 0.6 is 15.9 Å². The summed E-state index contributed by atoms with van der Waals surface area (Å²) in [6, 6.07) is 13.4. The van der Waals surface area contributed by atoms with Gasteiger partial charge in [-0.2, -0.15) is 0 Å². The van der Waals surface area contributed by atoms with Gasteiger partial charge < -0.3 is 15.5 Å². The maximum absolute atomic E-state index is 12.9. The van der Waals surface area contributed by atoms with Crippen LogP contribution < -0.4 is 15.5 Å². The Morgan fingerprint density at radius 1 is 1.08 bits per heavy atom. The number of hydrogen-bond donors (Lipinski definition) is 3. The Morgan fingerprint density at radius 2 is 1.76 bits per heavy atom. The van der Waals surface area contributed by atoms with Crippen molar-refractivity contribution in [3.05, 3.63) is 64.4 Å². The third-order valence-electron chi connectivity index (χ3n) is 3.48. The molecule has 1 unspecified atom stereocenters. The number of nitrogens with one attached hydrogen (secondary N) is 3. The highest BCUT2D eigenvalue weighted by Crippen LogP contribution is 2.20. The first-order valence-electron chi connectivity index (χ1n) is 7.81. The van der Waals surface area contributed by atoms with Crippen LogP contribution in [0.25, 0.3) is 0 Å². The summed E-state index contributed by atoms with van der Waals surface area (Å²) in [7, 11) is 1.87. The third kappa shape index (κ3) is 6.64. The van der Waals surface area contributed by atoms with Crippen molar-refractivity contribution in [1.82, 2.24) is 5.32 Å². The molecule has 2 amide bonds. The summed E-state index contributed by atoms with van der Waals surface area (Å²) in [4.78, 5) is 24.8. The van der Waals surface area contributed by atoms with Crippen molar-refractivity contribution in [3.63, 3.8) is 0 Å². The van der Waals surface area contributed by atoms with Crippen LogP contribution in [-0.4, -0.2) is 32.0 Å². The van der Waals surface area contributed by atoms with E-state index in [2.05, 4.69) is 26.6 Å². The normalized spacial score (nSPS) is 11.6. The molecule has 0 aromatic heterocycles. The minimum Gasteiger partial charge on any atom is -0.342 e. The van der Waals surface area contributed by atoms with E-state index in [1.165, 1.54) is 12.1 Å². The van der Waals surface area contributed by atoms with E-state index >= 15 is 0 Å². The molecule has 0 fully saturated rings. The van der Waals surface area contributed by atoms with Crippen molar-refractivity contribution in [2.45, 2.75) is 6.54 Å². The zero-order valence-corrected chi connectivity index (χ0v) is 15.4. The van der Waals surface area contributed by atoms with Crippen molar-refractivity contribution in [2.24, 2.45) is 0 Å². The van der Waals surface area contributed by atoms with Gasteiger partial charge in [-0.1, -0.05) is 24.3 Å². The van der Waals surface area contributed by atoms with Crippen LogP contribution in [0.3, 0.4) is 0 Å². The molecular weight excluding hydrogens is 389 g/mol. The highest BCUT2D eigenvalue weighted by atomic mass is 79.9. The molecule has 7 heteroatoms. The summed E-state index contributed by atoms with van der Waals surface area (Å²) in [6.45, 7) is 0.723. The molecule has 1 atom stereocenters. The van der Waals surface area contributed by atoms with Gasteiger partial charge in [-0.3, -0.25) is 9.59 Å². The lowest BCUT2D eigenvalue weighted by Gasteiger charge is -2.14. The van der Waals surface area contributed by atoms with Crippen LogP contribution in [0.4, 0.5) is 10.1 Å².